The van der Waals surface area contributed by atoms with Crippen LogP contribution in [0, 0.1) is 5.92 Å². The molecule has 0 bridgehead atoms. The van der Waals surface area contributed by atoms with Gasteiger partial charge in [-0.3, -0.25) is 0 Å². The lowest BCUT2D eigenvalue weighted by Gasteiger charge is -2.17. The van der Waals surface area contributed by atoms with Crippen molar-refractivity contribution in [3.8, 4) is 0 Å². The third kappa shape index (κ3) is 6.15. The van der Waals surface area contributed by atoms with Crippen molar-refractivity contribution in [3.05, 3.63) is 35.9 Å². The molecule has 2 N–H and O–H groups in total. The van der Waals surface area contributed by atoms with E-state index in [1.165, 1.54) is 0 Å². The summed E-state index contributed by atoms with van der Waals surface area (Å²) in [6.45, 7) is 8.16. The molecular weight excluding hydrogens is 226 g/mol. The van der Waals surface area contributed by atoms with Gasteiger partial charge in [0, 0.05) is 6.54 Å². The highest BCUT2D eigenvalue weighted by atomic mass is 16.5. The molecule has 18 heavy (non-hydrogen) atoms. The van der Waals surface area contributed by atoms with Crippen LogP contribution in [0.15, 0.2) is 30.3 Å². The number of benzene rings is 1. The average Bonchev–Trinajstić information content (AvgIpc) is 2.36. The molecule has 2 atom stereocenters. The second-order valence-corrected chi connectivity index (χ2v) is 5.09. The van der Waals surface area contributed by atoms with Crippen LogP contribution in [0.5, 0.6) is 0 Å². The third-order valence-electron chi connectivity index (χ3n) is 2.74. The van der Waals surface area contributed by atoms with Gasteiger partial charge in [-0.25, -0.2) is 0 Å². The Kier molecular flexibility index (Phi) is 6.94. The van der Waals surface area contributed by atoms with Crippen LogP contribution in [0.2, 0.25) is 0 Å². The summed E-state index contributed by atoms with van der Waals surface area (Å²) in [5.41, 5.74) is 1.14. The average molecular weight is 251 g/mol. The molecule has 3 nitrogen and oxygen atoms in total. The summed E-state index contributed by atoms with van der Waals surface area (Å²) in [5.74, 6) is 0.598. The van der Waals surface area contributed by atoms with Gasteiger partial charge in [0.15, 0.2) is 0 Å². The summed E-state index contributed by atoms with van der Waals surface area (Å²) in [5, 5.41) is 13.0. The minimum Gasteiger partial charge on any atom is -0.389 e. The van der Waals surface area contributed by atoms with Crippen molar-refractivity contribution in [2.75, 3.05) is 19.7 Å². The lowest BCUT2D eigenvalue weighted by molar-refractivity contribution is -0.00215. The summed E-state index contributed by atoms with van der Waals surface area (Å²) in [4.78, 5) is 0. The Morgan fingerprint density at radius 1 is 1.11 bits per heavy atom. The number of hydrogen-bond acceptors (Lipinski definition) is 3. The molecule has 0 aliphatic heterocycles. The van der Waals surface area contributed by atoms with Gasteiger partial charge in [-0.1, -0.05) is 44.2 Å². The number of hydrogen-bond donors (Lipinski definition) is 2. The second-order valence-electron chi connectivity index (χ2n) is 5.09. The first-order valence-corrected chi connectivity index (χ1v) is 6.65. The molecule has 0 radical (unpaired) electrons. The Morgan fingerprint density at radius 2 is 1.78 bits per heavy atom. The molecule has 0 aliphatic rings. The zero-order valence-electron chi connectivity index (χ0n) is 11.6. The molecule has 1 aromatic rings. The second kappa shape index (κ2) is 8.25. The number of rotatable bonds is 8. The normalized spacial score (nSPS) is 14.7. The van der Waals surface area contributed by atoms with Crippen LogP contribution in [-0.2, 0) is 4.74 Å². The molecular formula is C15H25NO2. The topological polar surface area (TPSA) is 41.5 Å². The van der Waals surface area contributed by atoms with Gasteiger partial charge >= 0.3 is 0 Å². The molecule has 0 saturated carbocycles. The van der Waals surface area contributed by atoms with E-state index in [2.05, 4.69) is 19.2 Å². The Morgan fingerprint density at radius 3 is 2.39 bits per heavy atom. The zero-order chi connectivity index (χ0) is 13.4. The monoisotopic (exact) mass is 251 g/mol. The van der Waals surface area contributed by atoms with Crippen LogP contribution in [0.1, 0.15) is 32.4 Å². The summed E-state index contributed by atoms with van der Waals surface area (Å²) in [6, 6.07) is 10.1. The molecule has 2 unspecified atom stereocenters. The molecule has 0 heterocycles. The molecule has 0 saturated heterocycles. The Hall–Kier alpha value is -0.900. The maximum Gasteiger partial charge on any atom is 0.0897 e. The van der Waals surface area contributed by atoms with Crippen LogP contribution >= 0.6 is 0 Å². The van der Waals surface area contributed by atoms with Crippen molar-refractivity contribution >= 4 is 0 Å². The summed E-state index contributed by atoms with van der Waals surface area (Å²) < 4.78 is 5.66. The largest absolute Gasteiger partial charge is 0.389 e. The highest BCUT2D eigenvalue weighted by Crippen LogP contribution is 2.15. The molecule has 0 spiro atoms. The van der Waals surface area contributed by atoms with E-state index in [0.717, 1.165) is 12.1 Å². The maximum atomic E-state index is 9.77. The molecule has 1 aromatic carbocycles. The van der Waals surface area contributed by atoms with E-state index in [-0.39, 0.29) is 6.10 Å². The van der Waals surface area contributed by atoms with E-state index >= 15 is 0 Å². The predicted molar refractivity (Wildman–Crippen MR) is 74.5 cm³/mol. The fourth-order valence-corrected chi connectivity index (χ4v) is 1.67. The van der Waals surface area contributed by atoms with E-state index in [9.17, 15) is 5.11 Å². The van der Waals surface area contributed by atoms with Gasteiger partial charge in [0.05, 0.1) is 18.8 Å². The van der Waals surface area contributed by atoms with Crippen molar-refractivity contribution in [3.63, 3.8) is 0 Å². The van der Waals surface area contributed by atoms with Crippen molar-refractivity contribution in [2.24, 2.45) is 5.92 Å². The van der Waals surface area contributed by atoms with Crippen molar-refractivity contribution < 1.29 is 9.84 Å². The fraction of sp³-hybridized carbons (Fsp3) is 0.600. The minimum atomic E-state index is -0.449. The standard InChI is InChI=1S/C15H25NO2/c1-12(2)9-16-10-15(17)11-18-13(3)14-7-5-4-6-8-14/h4-8,12-13,15-17H,9-11H2,1-3H3. The molecule has 0 aliphatic carbocycles. The summed E-state index contributed by atoms with van der Waals surface area (Å²) >= 11 is 0. The number of aliphatic hydroxyl groups excluding tert-OH is 1. The quantitative estimate of drug-likeness (QED) is 0.745. The van der Waals surface area contributed by atoms with Crippen LogP contribution in [0.4, 0.5) is 0 Å². The molecule has 0 aromatic heterocycles. The van der Waals surface area contributed by atoms with Crippen LogP contribution in [0.3, 0.4) is 0 Å². The van der Waals surface area contributed by atoms with E-state index in [0.29, 0.717) is 19.1 Å². The molecule has 1 rings (SSSR count). The first kappa shape index (κ1) is 15.2. The Balaban J connectivity index is 2.20. The predicted octanol–water partition coefficient (Wildman–Crippen LogP) is 2.37. The van der Waals surface area contributed by atoms with Crippen molar-refractivity contribution in [1.29, 1.82) is 0 Å². The first-order valence-electron chi connectivity index (χ1n) is 6.65. The van der Waals surface area contributed by atoms with Gasteiger partial charge < -0.3 is 15.2 Å². The van der Waals surface area contributed by atoms with Gasteiger partial charge in [-0.15, -0.1) is 0 Å². The molecule has 0 fully saturated rings. The number of nitrogens with one attached hydrogen (secondary N) is 1. The Bertz CT molecular complexity index is 314. The van der Waals surface area contributed by atoms with E-state index in [4.69, 9.17) is 4.74 Å². The van der Waals surface area contributed by atoms with Crippen LogP contribution < -0.4 is 5.32 Å². The fourth-order valence-electron chi connectivity index (χ4n) is 1.67. The maximum absolute atomic E-state index is 9.77. The summed E-state index contributed by atoms with van der Waals surface area (Å²) in [7, 11) is 0. The smallest absolute Gasteiger partial charge is 0.0897 e. The van der Waals surface area contributed by atoms with E-state index in [1.54, 1.807) is 0 Å². The lowest BCUT2D eigenvalue weighted by Crippen LogP contribution is -2.32. The van der Waals surface area contributed by atoms with Crippen LogP contribution in [0.25, 0.3) is 0 Å². The lowest BCUT2D eigenvalue weighted by atomic mass is 10.1. The third-order valence-corrected chi connectivity index (χ3v) is 2.74. The van der Waals surface area contributed by atoms with E-state index in [1.807, 2.05) is 37.3 Å². The Labute approximate surface area is 110 Å². The van der Waals surface area contributed by atoms with Crippen molar-refractivity contribution in [2.45, 2.75) is 33.0 Å². The van der Waals surface area contributed by atoms with Crippen molar-refractivity contribution in [1.82, 2.24) is 5.32 Å². The van der Waals surface area contributed by atoms with Gasteiger partial charge in [-0.05, 0) is 24.9 Å². The highest BCUT2D eigenvalue weighted by molar-refractivity contribution is 5.16. The minimum absolute atomic E-state index is 0.0194. The van der Waals surface area contributed by atoms with Crippen LogP contribution in [-0.4, -0.2) is 30.9 Å². The SMILES string of the molecule is CC(C)CNCC(O)COC(C)c1ccccc1. The molecule has 0 amide bonds. The first-order chi connectivity index (χ1) is 8.59. The highest BCUT2D eigenvalue weighted by Gasteiger charge is 2.09. The number of ether oxygens (including phenoxy) is 1. The zero-order valence-corrected chi connectivity index (χ0v) is 11.6. The molecule has 102 valence electrons. The van der Waals surface area contributed by atoms with E-state index < -0.39 is 6.10 Å². The molecule has 3 heteroatoms. The number of aliphatic hydroxyl groups is 1. The summed E-state index contributed by atoms with van der Waals surface area (Å²) in [6.07, 6.45) is -0.430. The van der Waals surface area contributed by atoms with Gasteiger partial charge in [-0.2, -0.15) is 0 Å². The van der Waals surface area contributed by atoms with Gasteiger partial charge in [0.25, 0.3) is 0 Å². The van der Waals surface area contributed by atoms with Gasteiger partial charge in [0.1, 0.15) is 0 Å². The van der Waals surface area contributed by atoms with Gasteiger partial charge in [0.2, 0.25) is 0 Å².